The van der Waals surface area contributed by atoms with Crippen LogP contribution < -0.4 is 10.1 Å². The number of nitrogens with zero attached hydrogens (tertiary/aromatic N) is 3. The smallest absolute Gasteiger partial charge is 0.262 e. The first-order chi connectivity index (χ1) is 14.1. The monoisotopic (exact) mass is 430 g/mol. The predicted molar refractivity (Wildman–Crippen MR) is 114 cm³/mol. The summed E-state index contributed by atoms with van der Waals surface area (Å²) >= 11 is 12.3. The lowest BCUT2D eigenvalue weighted by atomic mass is 10.1. The summed E-state index contributed by atoms with van der Waals surface area (Å²) in [4.78, 5) is 12.3. The van der Waals surface area contributed by atoms with E-state index < -0.39 is 0 Å². The molecule has 2 aromatic carbocycles. The number of fused-ring (bicyclic) bond motifs is 1. The van der Waals surface area contributed by atoms with Gasteiger partial charge < -0.3 is 14.6 Å². The van der Waals surface area contributed by atoms with Gasteiger partial charge in [0.05, 0.1) is 5.02 Å². The molecule has 0 fully saturated rings. The number of aryl methyl sites for hydroxylation is 1. The molecule has 29 heavy (non-hydrogen) atoms. The minimum Gasteiger partial charge on any atom is -0.484 e. The molecule has 1 aliphatic rings. The summed E-state index contributed by atoms with van der Waals surface area (Å²) in [5.41, 5.74) is 1.38. The highest BCUT2D eigenvalue weighted by Gasteiger charge is 2.18. The van der Waals surface area contributed by atoms with Crippen LogP contribution >= 0.6 is 23.2 Å². The summed E-state index contributed by atoms with van der Waals surface area (Å²) in [7, 11) is 0. The molecule has 0 atom stereocenters. The zero-order chi connectivity index (χ0) is 20.2. The molecule has 0 saturated heterocycles. The zero-order valence-electron chi connectivity index (χ0n) is 15.7. The highest BCUT2D eigenvalue weighted by molar-refractivity contribution is 6.33. The number of ether oxygens (including phenoxy) is 1. The maximum Gasteiger partial charge on any atom is 0.262 e. The summed E-state index contributed by atoms with van der Waals surface area (Å²) in [6, 6.07) is 12.2. The van der Waals surface area contributed by atoms with Gasteiger partial charge in [-0.3, -0.25) is 4.79 Å². The Morgan fingerprint density at radius 3 is 2.72 bits per heavy atom. The number of carbonyl (C=O) groups excluding carboxylic acids is 1. The van der Waals surface area contributed by atoms with Gasteiger partial charge in [0.2, 0.25) is 0 Å². The Labute approximate surface area is 178 Å². The molecule has 4 rings (SSSR count). The van der Waals surface area contributed by atoms with Gasteiger partial charge in [-0.15, -0.1) is 10.2 Å². The second-order valence-electron chi connectivity index (χ2n) is 6.89. The van der Waals surface area contributed by atoms with E-state index in [1.165, 1.54) is 6.42 Å². The Bertz CT molecular complexity index is 1020. The fraction of sp³-hybridized carbons (Fsp3) is 0.286. The first-order valence-corrected chi connectivity index (χ1v) is 10.3. The number of carbonyl (C=O) groups is 1. The number of amides is 1. The highest BCUT2D eigenvalue weighted by Crippen LogP contribution is 2.31. The molecular weight excluding hydrogens is 411 g/mol. The number of rotatable bonds is 5. The van der Waals surface area contributed by atoms with Crippen LogP contribution in [0.4, 0.5) is 5.69 Å². The van der Waals surface area contributed by atoms with E-state index in [1.54, 1.807) is 36.4 Å². The largest absolute Gasteiger partial charge is 0.484 e. The topological polar surface area (TPSA) is 69.0 Å². The van der Waals surface area contributed by atoms with E-state index in [1.807, 2.05) is 6.07 Å². The van der Waals surface area contributed by atoms with E-state index in [9.17, 15) is 4.79 Å². The van der Waals surface area contributed by atoms with Crippen molar-refractivity contribution >= 4 is 34.8 Å². The molecule has 1 aromatic heterocycles. The van der Waals surface area contributed by atoms with E-state index in [2.05, 4.69) is 20.1 Å². The maximum atomic E-state index is 12.3. The van der Waals surface area contributed by atoms with E-state index in [4.69, 9.17) is 27.9 Å². The molecule has 1 amide bonds. The van der Waals surface area contributed by atoms with Crippen molar-refractivity contribution in [2.24, 2.45) is 0 Å². The molecule has 0 spiro atoms. The van der Waals surface area contributed by atoms with Crippen LogP contribution in [-0.4, -0.2) is 27.3 Å². The van der Waals surface area contributed by atoms with Crippen molar-refractivity contribution in [2.75, 3.05) is 11.9 Å². The summed E-state index contributed by atoms with van der Waals surface area (Å²) in [6.07, 6.45) is 4.31. The van der Waals surface area contributed by atoms with E-state index >= 15 is 0 Å². The molecular formula is C21H20Cl2N4O2. The van der Waals surface area contributed by atoms with Crippen molar-refractivity contribution in [1.82, 2.24) is 14.8 Å². The molecule has 0 radical (unpaired) electrons. The number of benzene rings is 2. The van der Waals surface area contributed by atoms with Crippen molar-refractivity contribution in [3.05, 3.63) is 58.3 Å². The molecule has 0 saturated carbocycles. The van der Waals surface area contributed by atoms with Crippen LogP contribution in [0.5, 0.6) is 5.75 Å². The summed E-state index contributed by atoms with van der Waals surface area (Å²) in [5.74, 6) is 2.03. The van der Waals surface area contributed by atoms with Crippen molar-refractivity contribution in [3.8, 4) is 17.1 Å². The number of nitrogens with one attached hydrogen (secondary N) is 1. The van der Waals surface area contributed by atoms with Crippen molar-refractivity contribution in [2.45, 2.75) is 32.2 Å². The number of aromatic nitrogens is 3. The van der Waals surface area contributed by atoms with Crippen LogP contribution in [-0.2, 0) is 17.8 Å². The third kappa shape index (κ3) is 4.71. The van der Waals surface area contributed by atoms with Gasteiger partial charge in [0.1, 0.15) is 11.6 Å². The molecule has 6 nitrogen and oxygen atoms in total. The third-order valence-corrected chi connectivity index (χ3v) is 5.37. The predicted octanol–water partition coefficient (Wildman–Crippen LogP) is 5.00. The number of anilines is 1. The van der Waals surface area contributed by atoms with Gasteiger partial charge in [-0.1, -0.05) is 29.6 Å². The second-order valence-corrected chi connectivity index (χ2v) is 7.73. The van der Waals surface area contributed by atoms with Gasteiger partial charge in [-0.2, -0.15) is 0 Å². The Balaban J connectivity index is 1.48. The molecule has 150 valence electrons. The fourth-order valence-corrected chi connectivity index (χ4v) is 3.66. The Hall–Kier alpha value is -2.57. The van der Waals surface area contributed by atoms with Crippen LogP contribution in [0.25, 0.3) is 11.4 Å². The molecule has 0 bridgehead atoms. The molecule has 2 heterocycles. The van der Waals surface area contributed by atoms with Gasteiger partial charge in [0.25, 0.3) is 5.91 Å². The van der Waals surface area contributed by atoms with Gasteiger partial charge in [-0.05, 0) is 55.3 Å². The molecule has 0 unspecified atom stereocenters. The number of hydrogen-bond acceptors (Lipinski definition) is 4. The zero-order valence-corrected chi connectivity index (χ0v) is 17.2. The first-order valence-electron chi connectivity index (χ1n) is 9.50. The quantitative estimate of drug-likeness (QED) is 0.618. The minimum atomic E-state index is -0.270. The molecule has 1 N–H and O–H groups in total. The lowest BCUT2D eigenvalue weighted by Gasteiger charge is -2.11. The average Bonchev–Trinajstić information content (AvgIpc) is 2.96. The fourth-order valence-electron chi connectivity index (χ4n) is 3.34. The Morgan fingerprint density at radius 1 is 1.07 bits per heavy atom. The van der Waals surface area contributed by atoms with Crippen LogP contribution in [0.15, 0.2) is 42.5 Å². The summed E-state index contributed by atoms with van der Waals surface area (Å²) in [6.45, 7) is 0.763. The van der Waals surface area contributed by atoms with Crippen LogP contribution in [0.2, 0.25) is 10.0 Å². The Morgan fingerprint density at radius 2 is 1.90 bits per heavy atom. The van der Waals surface area contributed by atoms with E-state index in [0.717, 1.165) is 43.0 Å². The van der Waals surface area contributed by atoms with Crippen molar-refractivity contribution in [1.29, 1.82) is 0 Å². The highest BCUT2D eigenvalue weighted by atomic mass is 35.5. The first kappa shape index (κ1) is 19.7. The van der Waals surface area contributed by atoms with Crippen LogP contribution in [0, 0.1) is 0 Å². The number of hydrogen-bond donors (Lipinski definition) is 1. The third-order valence-electron chi connectivity index (χ3n) is 4.78. The standard InChI is InChI=1S/C21H20Cl2N4O2/c22-14-5-8-16(9-6-14)29-13-20(28)24-15-7-10-18(23)17(12-15)21-26-25-19-4-2-1-3-11-27(19)21/h5-10,12H,1-4,11,13H2,(H,24,28). The van der Waals surface area contributed by atoms with Crippen molar-refractivity contribution < 1.29 is 9.53 Å². The van der Waals surface area contributed by atoms with Crippen LogP contribution in [0.3, 0.4) is 0 Å². The Kier molecular flexibility index (Phi) is 6.02. The van der Waals surface area contributed by atoms with Gasteiger partial charge >= 0.3 is 0 Å². The van der Waals surface area contributed by atoms with Crippen LogP contribution in [0.1, 0.15) is 25.1 Å². The maximum absolute atomic E-state index is 12.3. The van der Waals surface area contributed by atoms with Gasteiger partial charge in [0.15, 0.2) is 12.4 Å². The molecule has 8 heteroatoms. The second kappa shape index (κ2) is 8.84. The lowest BCUT2D eigenvalue weighted by molar-refractivity contribution is -0.118. The van der Waals surface area contributed by atoms with Gasteiger partial charge in [-0.25, -0.2) is 0 Å². The van der Waals surface area contributed by atoms with E-state index in [-0.39, 0.29) is 12.5 Å². The molecule has 3 aromatic rings. The van der Waals surface area contributed by atoms with Gasteiger partial charge in [0, 0.05) is 29.2 Å². The summed E-state index contributed by atoms with van der Waals surface area (Å²) in [5, 5.41) is 12.7. The molecule has 1 aliphatic heterocycles. The minimum absolute atomic E-state index is 0.111. The normalized spacial score (nSPS) is 13.4. The average molecular weight is 431 g/mol. The summed E-state index contributed by atoms with van der Waals surface area (Å²) < 4.78 is 7.61. The molecule has 0 aliphatic carbocycles. The number of halogens is 2. The van der Waals surface area contributed by atoms with E-state index in [0.29, 0.717) is 21.5 Å². The lowest BCUT2D eigenvalue weighted by Crippen LogP contribution is -2.20. The SMILES string of the molecule is O=C(COc1ccc(Cl)cc1)Nc1ccc(Cl)c(-c2nnc3n2CCCCC3)c1. The van der Waals surface area contributed by atoms with Crippen molar-refractivity contribution in [3.63, 3.8) is 0 Å².